The number of nitrogens with one attached hydrogen (secondary N) is 1. The van der Waals surface area contributed by atoms with E-state index in [0.717, 1.165) is 23.2 Å². The second-order valence-electron chi connectivity index (χ2n) is 5.74. The Labute approximate surface area is 132 Å². The third kappa shape index (κ3) is 4.68. The molecule has 0 amide bonds. The van der Waals surface area contributed by atoms with Gasteiger partial charge in [-0.3, -0.25) is 0 Å². The van der Waals surface area contributed by atoms with E-state index in [1.165, 1.54) is 42.6 Å². The normalized spacial score (nSPS) is 18.1. The monoisotopic (exact) mass is 311 g/mol. The molecule has 0 aliphatic heterocycles. The molecule has 1 nitrogen and oxygen atoms in total. The van der Waals surface area contributed by atoms with E-state index in [9.17, 15) is 0 Å². The van der Waals surface area contributed by atoms with Gasteiger partial charge in [0.05, 0.1) is 0 Å². The first-order valence-corrected chi connectivity index (χ1v) is 9.16. The van der Waals surface area contributed by atoms with Crippen molar-refractivity contribution in [2.24, 2.45) is 0 Å². The van der Waals surface area contributed by atoms with Crippen molar-refractivity contribution in [3.63, 3.8) is 0 Å². The molecule has 1 unspecified atom stereocenters. The maximum absolute atomic E-state index is 6.47. The second-order valence-corrected chi connectivity index (χ2v) is 7.52. The fraction of sp³-hybridized carbons (Fsp3) is 0.647. The Morgan fingerprint density at radius 1 is 1.30 bits per heavy atom. The predicted molar refractivity (Wildman–Crippen MR) is 90.9 cm³/mol. The molecule has 1 fully saturated rings. The van der Waals surface area contributed by atoms with Crippen LogP contribution in [0.5, 0.6) is 0 Å². The van der Waals surface area contributed by atoms with E-state index in [-0.39, 0.29) is 0 Å². The number of benzene rings is 1. The summed E-state index contributed by atoms with van der Waals surface area (Å²) in [6.45, 7) is 5.41. The highest BCUT2D eigenvalue weighted by atomic mass is 35.5. The molecule has 1 N–H and O–H groups in total. The summed E-state index contributed by atoms with van der Waals surface area (Å²) < 4.78 is 0. The summed E-state index contributed by atoms with van der Waals surface area (Å²) in [5.41, 5.74) is 1.22. The van der Waals surface area contributed by atoms with Crippen LogP contribution in [0.25, 0.3) is 0 Å². The van der Waals surface area contributed by atoms with Gasteiger partial charge in [0.25, 0.3) is 0 Å². The molecular formula is C17H26ClNS. The molecule has 0 aromatic heterocycles. The zero-order chi connectivity index (χ0) is 14.4. The van der Waals surface area contributed by atoms with Gasteiger partial charge in [-0.25, -0.2) is 0 Å². The summed E-state index contributed by atoms with van der Waals surface area (Å²) in [7, 11) is 0. The lowest BCUT2D eigenvalue weighted by Gasteiger charge is -2.21. The van der Waals surface area contributed by atoms with Crippen molar-refractivity contribution in [1.29, 1.82) is 0 Å². The highest BCUT2D eigenvalue weighted by molar-refractivity contribution is 8.00. The van der Waals surface area contributed by atoms with Crippen LogP contribution in [-0.4, -0.2) is 11.8 Å². The number of rotatable bonds is 6. The van der Waals surface area contributed by atoms with Crippen LogP contribution < -0.4 is 5.32 Å². The molecule has 0 spiro atoms. The van der Waals surface area contributed by atoms with E-state index in [0.29, 0.717) is 6.04 Å². The molecule has 1 aromatic carbocycles. The lowest BCUT2D eigenvalue weighted by Crippen LogP contribution is -2.19. The van der Waals surface area contributed by atoms with Crippen molar-refractivity contribution < 1.29 is 0 Å². The summed E-state index contributed by atoms with van der Waals surface area (Å²) >= 11 is 8.48. The molecule has 2 rings (SSSR count). The minimum absolute atomic E-state index is 0.330. The minimum Gasteiger partial charge on any atom is -0.310 e. The van der Waals surface area contributed by atoms with Gasteiger partial charge in [0.15, 0.2) is 0 Å². The smallest absolute Gasteiger partial charge is 0.0464 e. The SMILES string of the molecule is CCCNC(C)c1ccc(SC2CCCCC2)cc1Cl. The Morgan fingerprint density at radius 3 is 2.70 bits per heavy atom. The van der Waals surface area contributed by atoms with Crippen LogP contribution in [-0.2, 0) is 0 Å². The molecule has 20 heavy (non-hydrogen) atoms. The molecular weight excluding hydrogens is 286 g/mol. The molecule has 1 aliphatic rings. The first kappa shape index (κ1) is 16.2. The van der Waals surface area contributed by atoms with E-state index >= 15 is 0 Å². The van der Waals surface area contributed by atoms with Crippen LogP contribution in [0, 0.1) is 0 Å². The van der Waals surface area contributed by atoms with E-state index in [4.69, 9.17) is 11.6 Å². The maximum Gasteiger partial charge on any atom is 0.0464 e. The summed E-state index contributed by atoms with van der Waals surface area (Å²) in [5.74, 6) is 0. The van der Waals surface area contributed by atoms with Crippen molar-refractivity contribution in [1.82, 2.24) is 5.32 Å². The van der Waals surface area contributed by atoms with E-state index in [2.05, 4.69) is 37.4 Å². The lowest BCUT2D eigenvalue weighted by atomic mass is 10.0. The fourth-order valence-corrected chi connectivity index (χ4v) is 4.47. The minimum atomic E-state index is 0.330. The van der Waals surface area contributed by atoms with Crippen LogP contribution in [0.15, 0.2) is 23.1 Å². The van der Waals surface area contributed by atoms with Crippen molar-refractivity contribution in [2.75, 3.05) is 6.54 Å². The van der Waals surface area contributed by atoms with Crippen LogP contribution in [0.2, 0.25) is 5.02 Å². The highest BCUT2D eigenvalue weighted by Gasteiger charge is 2.16. The van der Waals surface area contributed by atoms with Gasteiger partial charge in [-0.2, -0.15) is 0 Å². The topological polar surface area (TPSA) is 12.0 Å². The second kappa shape index (κ2) is 8.31. The molecule has 1 aromatic rings. The van der Waals surface area contributed by atoms with Gasteiger partial charge in [0, 0.05) is 21.2 Å². The first-order valence-electron chi connectivity index (χ1n) is 7.90. The summed E-state index contributed by atoms with van der Waals surface area (Å²) in [5, 5.41) is 5.20. The first-order chi connectivity index (χ1) is 9.70. The standard InChI is InChI=1S/C17H26ClNS/c1-3-11-19-13(2)16-10-9-15(12-17(16)18)20-14-7-5-4-6-8-14/h9-10,12-14,19H,3-8,11H2,1-2H3. The van der Waals surface area contributed by atoms with Gasteiger partial charge in [-0.15, -0.1) is 11.8 Å². The zero-order valence-electron chi connectivity index (χ0n) is 12.6. The third-order valence-corrected chi connectivity index (χ3v) is 5.65. The average Bonchev–Trinajstić information content (AvgIpc) is 2.46. The molecule has 0 saturated heterocycles. The Bertz CT molecular complexity index is 415. The Kier molecular flexibility index (Phi) is 6.73. The number of thioether (sulfide) groups is 1. The van der Waals surface area contributed by atoms with Gasteiger partial charge in [-0.05, 0) is 50.4 Å². The summed E-state index contributed by atoms with van der Waals surface area (Å²) in [6.07, 6.45) is 8.06. The summed E-state index contributed by atoms with van der Waals surface area (Å²) in [6, 6.07) is 6.92. The Morgan fingerprint density at radius 2 is 2.05 bits per heavy atom. The number of halogens is 1. The lowest BCUT2D eigenvalue weighted by molar-refractivity contribution is 0.516. The third-order valence-electron chi connectivity index (χ3n) is 3.99. The summed E-state index contributed by atoms with van der Waals surface area (Å²) in [4.78, 5) is 1.33. The molecule has 0 bridgehead atoms. The van der Waals surface area contributed by atoms with Crippen molar-refractivity contribution in [3.05, 3.63) is 28.8 Å². The van der Waals surface area contributed by atoms with Gasteiger partial charge >= 0.3 is 0 Å². The molecule has 1 aliphatic carbocycles. The predicted octanol–water partition coefficient (Wildman–Crippen LogP) is 5.83. The fourth-order valence-electron chi connectivity index (χ4n) is 2.78. The van der Waals surface area contributed by atoms with Gasteiger partial charge < -0.3 is 5.32 Å². The number of hydrogen-bond donors (Lipinski definition) is 1. The highest BCUT2D eigenvalue weighted by Crippen LogP contribution is 2.36. The van der Waals surface area contributed by atoms with Crippen molar-refractivity contribution in [2.45, 2.75) is 68.6 Å². The molecule has 112 valence electrons. The number of hydrogen-bond acceptors (Lipinski definition) is 2. The van der Waals surface area contributed by atoms with Gasteiger partial charge in [-0.1, -0.05) is 43.9 Å². The largest absolute Gasteiger partial charge is 0.310 e. The van der Waals surface area contributed by atoms with Crippen LogP contribution in [0.1, 0.15) is 64.0 Å². The zero-order valence-corrected chi connectivity index (χ0v) is 14.2. The van der Waals surface area contributed by atoms with E-state index < -0.39 is 0 Å². The molecule has 1 saturated carbocycles. The van der Waals surface area contributed by atoms with Crippen LogP contribution in [0.3, 0.4) is 0 Å². The van der Waals surface area contributed by atoms with Crippen LogP contribution in [0.4, 0.5) is 0 Å². The molecule has 1 atom stereocenters. The van der Waals surface area contributed by atoms with Crippen molar-refractivity contribution in [3.8, 4) is 0 Å². The van der Waals surface area contributed by atoms with Gasteiger partial charge in [0.2, 0.25) is 0 Å². The van der Waals surface area contributed by atoms with Crippen molar-refractivity contribution >= 4 is 23.4 Å². The average molecular weight is 312 g/mol. The van der Waals surface area contributed by atoms with E-state index in [1.54, 1.807) is 0 Å². The van der Waals surface area contributed by atoms with Crippen LogP contribution >= 0.6 is 23.4 Å². The Hall–Kier alpha value is -0.180. The molecule has 0 radical (unpaired) electrons. The quantitative estimate of drug-likeness (QED) is 0.709. The molecule has 3 heteroatoms. The van der Waals surface area contributed by atoms with E-state index in [1.807, 2.05) is 11.8 Å². The maximum atomic E-state index is 6.47. The van der Waals surface area contributed by atoms with Gasteiger partial charge in [0.1, 0.15) is 0 Å². The Balaban J connectivity index is 1.97. The molecule has 0 heterocycles.